The van der Waals surface area contributed by atoms with E-state index in [0.717, 1.165) is 44.9 Å². The van der Waals surface area contributed by atoms with Crippen molar-refractivity contribution in [3.8, 4) is 0 Å². The van der Waals surface area contributed by atoms with E-state index < -0.39 is 22.8 Å². The van der Waals surface area contributed by atoms with Gasteiger partial charge in [-0.15, -0.1) is 0 Å². The first-order valence-corrected chi connectivity index (χ1v) is 22.3. The van der Waals surface area contributed by atoms with Gasteiger partial charge in [-0.2, -0.15) is 0 Å². The van der Waals surface area contributed by atoms with E-state index in [4.69, 9.17) is 0 Å². The Balaban J connectivity index is 2.31. The second kappa shape index (κ2) is 30.6. The zero-order chi connectivity index (χ0) is 35.9. The minimum Gasteiger partial charge on any atom is -0.481 e. The summed E-state index contributed by atoms with van der Waals surface area (Å²) in [5.74, 6) is -1.42. The van der Waals surface area contributed by atoms with Crippen LogP contribution >= 0.6 is 0 Å². The maximum absolute atomic E-state index is 13.0. The third-order valence-electron chi connectivity index (χ3n) is 12.4. The third-order valence-corrected chi connectivity index (χ3v) is 12.4. The Morgan fingerprint density at radius 2 is 0.673 bits per heavy atom. The highest BCUT2D eigenvalue weighted by atomic mass is 16.4. The lowest BCUT2D eigenvalue weighted by Gasteiger charge is -2.50. The second-order valence-corrected chi connectivity index (χ2v) is 16.7. The first-order valence-electron chi connectivity index (χ1n) is 22.3. The number of carbonyl (C=O) groups is 2. The summed E-state index contributed by atoms with van der Waals surface area (Å²) in [7, 11) is 0. The minimum atomic E-state index is -1.12. The average molecular weight is 691 g/mol. The fraction of sp³-hybridized carbons (Fsp3) is 0.956. The lowest BCUT2D eigenvalue weighted by molar-refractivity contribution is -0.185. The van der Waals surface area contributed by atoms with Crippen LogP contribution in [0.5, 0.6) is 0 Å². The van der Waals surface area contributed by atoms with Crippen LogP contribution in [-0.4, -0.2) is 22.2 Å². The van der Waals surface area contributed by atoms with E-state index >= 15 is 0 Å². The smallest absolute Gasteiger partial charge is 0.310 e. The lowest BCUT2D eigenvalue weighted by Crippen LogP contribution is -2.56. The lowest BCUT2D eigenvalue weighted by atomic mass is 9.50. The Labute approximate surface area is 306 Å². The molecule has 1 rings (SSSR count). The van der Waals surface area contributed by atoms with Crippen LogP contribution in [-0.2, 0) is 9.59 Å². The molecule has 0 aromatic heterocycles. The van der Waals surface area contributed by atoms with Gasteiger partial charge in [-0.05, 0) is 38.0 Å². The maximum atomic E-state index is 13.0. The van der Waals surface area contributed by atoms with Crippen LogP contribution in [0.25, 0.3) is 0 Å². The van der Waals surface area contributed by atoms with Crippen molar-refractivity contribution in [2.24, 2.45) is 16.7 Å². The molecule has 4 heteroatoms. The molecular formula is C45H86O4. The predicted octanol–water partition coefficient (Wildman–Crippen LogP) is 15.3. The summed E-state index contributed by atoms with van der Waals surface area (Å²) in [6.45, 7) is 6.69. The fourth-order valence-electron chi connectivity index (χ4n) is 9.10. The van der Waals surface area contributed by atoms with Crippen LogP contribution in [0, 0.1) is 16.7 Å². The number of rotatable bonds is 36. The Morgan fingerprint density at radius 1 is 0.429 bits per heavy atom. The molecule has 3 atom stereocenters. The van der Waals surface area contributed by atoms with Crippen LogP contribution < -0.4 is 0 Å². The molecule has 0 amide bonds. The minimum absolute atomic E-state index is 0.274. The zero-order valence-corrected chi connectivity index (χ0v) is 33.5. The van der Waals surface area contributed by atoms with Crippen LogP contribution in [0.2, 0.25) is 0 Å². The number of carboxylic acid groups (broad SMARTS) is 2. The van der Waals surface area contributed by atoms with Crippen molar-refractivity contribution >= 4 is 11.9 Å². The molecule has 0 bridgehead atoms. The van der Waals surface area contributed by atoms with Gasteiger partial charge in [-0.1, -0.05) is 226 Å². The monoisotopic (exact) mass is 691 g/mol. The summed E-state index contributed by atoms with van der Waals surface area (Å²) in [5, 5.41) is 21.3. The topological polar surface area (TPSA) is 74.6 Å². The number of hydrogen-bond acceptors (Lipinski definition) is 2. The number of aliphatic carboxylic acids is 2. The van der Waals surface area contributed by atoms with Crippen molar-refractivity contribution in [2.75, 3.05) is 0 Å². The van der Waals surface area contributed by atoms with E-state index in [1.807, 2.05) is 0 Å². The van der Waals surface area contributed by atoms with E-state index in [2.05, 4.69) is 20.8 Å². The molecule has 0 radical (unpaired) electrons. The van der Waals surface area contributed by atoms with Crippen LogP contribution in [0.4, 0.5) is 0 Å². The summed E-state index contributed by atoms with van der Waals surface area (Å²) in [6.07, 6.45) is 44.3. The van der Waals surface area contributed by atoms with Gasteiger partial charge in [0.25, 0.3) is 0 Å². The van der Waals surface area contributed by atoms with Crippen molar-refractivity contribution in [1.29, 1.82) is 0 Å². The molecule has 2 N–H and O–H groups in total. The average Bonchev–Trinajstić information content (AvgIpc) is 3.08. The van der Waals surface area contributed by atoms with Crippen LogP contribution in [0.3, 0.4) is 0 Å². The molecule has 1 fully saturated rings. The summed E-state index contributed by atoms with van der Waals surface area (Å²) in [4.78, 5) is 26.0. The van der Waals surface area contributed by atoms with Gasteiger partial charge in [-0.3, -0.25) is 9.59 Å². The Hall–Kier alpha value is -1.06. The van der Waals surface area contributed by atoms with Crippen molar-refractivity contribution in [3.63, 3.8) is 0 Å². The highest BCUT2D eigenvalue weighted by Crippen LogP contribution is 2.58. The van der Waals surface area contributed by atoms with Gasteiger partial charge in [0, 0.05) is 0 Å². The standard InChI is InChI=1S/C45H86O4/c1-4-6-8-10-12-14-16-18-20-22-24-26-28-30-32-34-37-44(42(46)47)39-36-41(3)40-45(44,43(48)49)38-35-33-31-29-27-25-23-21-19-17-15-13-11-9-7-5-2/h41H,4-40H2,1-3H3,(H,46,47)(H,48,49). The molecule has 290 valence electrons. The normalized spacial score (nSPS) is 20.9. The maximum Gasteiger partial charge on any atom is 0.310 e. The van der Waals surface area contributed by atoms with E-state index in [9.17, 15) is 19.8 Å². The van der Waals surface area contributed by atoms with Crippen molar-refractivity contribution in [2.45, 2.75) is 258 Å². The fourth-order valence-corrected chi connectivity index (χ4v) is 9.10. The molecule has 3 unspecified atom stereocenters. The number of carboxylic acids is 2. The highest BCUT2D eigenvalue weighted by Gasteiger charge is 2.62. The molecule has 0 aromatic carbocycles. The van der Waals surface area contributed by atoms with E-state index in [1.165, 1.54) is 167 Å². The largest absolute Gasteiger partial charge is 0.481 e. The van der Waals surface area contributed by atoms with E-state index in [-0.39, 0.29) is 5.92 Å². The Kier molecular flexibility index (Phi) is 28.7. The molecule has 0 heterocycles. The SMILES string of the molecule is CCCCCCCCCCCCCCCCCCC1(C(=O)O)CCC(C)CC1(CCCCCCCCCCCCCCCCCC)C(=O)O. The summed E-state index contributed by atoms with van der Waals surface area (Å²) < 4.78 is 0. The van der Waals surface area contributed by atoms with Gasteiger partial charge in [0.15, 0.2) is 0 Å². The first-order chi connectivity index (χ1) is 23.9. The molecule has 1 aliphatic rings. The van der Waals surface area contributed by atoms with Gasteiger partial charge >= 0.3 is 11.9 Å². The van der Waals surface area contributed by atoms with Crippen molar-refractivity contribution in [1.82, 2.24) is 0 Å². The highest BCUT2D eigenvalue weighted by molar-refractivity contribution is 5.87. The van der Waals surface area contributed by atoms with Gasteiger partial charge in [0.2, 0.25) is 0 Å². The Bertz CT molecular complexity index is 780. The summed E-state index contributed by atoms with van der Waals surface area (Å²) >= 11 is 0. The number of hydrogen-bond donors (Lipinski definition) is 2. The molecule has 0 aliphatic heterocycles. The predicted molar refractivity (Wildman–Crippen MR) is 211 cm³/mol. The van der Waals surface area contributed by atoms with Crippen LogP contribution in [0.15, 0.2) is 0 Å². The van der Waals surface area contributed by atoms with Gasteiger partial charge in [0.05, 0.1) is 10.8 Å². The molecule has 49 heavy (non-hydrogen) atoms. The van der Waals surface area contributed by atoms with Crippen molar-refractivity contribution in [3.05, 3.63) is 0 Å². The molecule has 0 spiro atoms. The quantitative estimate of drug-likeness (QED) is 0.0642. The molecule has 4 nitrogen and oxygen atoms in total. The zero-order valence-electron chi connectivity index (χ0n) is 33.5. The Morgan fingerprint density at radius 3 is 0.939 bits per heavy atom. The van der Waals surface area contributed by atoms with Gasteiger partial charge < -0.3 is 10.2 Å². The second-order valence-electron chi connectivity index (χ2n) is 16.7. The van der Waals surface area contributed by atoms with Crippen molar-refractivity contribution < 1.29 is 19.8 Å². The third kappa shape index (κ3) is 19.9. The molecule has 1 saturated carbocycles. The number of unbranched alkanes of at least 4 members (excludes halogenated alkanes) is 30. The van der Waals surface area contributed by atoms with Crippen LogP contribution in [0.1, 0.15) is 258 Å². The van der Waals surface area contributed by atoms with Gasteiger partial charge in [-0.25, -0.2) is 0 Å². The molecule has 1 aliphatic carbocycles. The summed E-state index contributed by atoms with van der Waals surface area (Å²) in [6, 6.07) is 0. The summed E-state index contributed by atoms with van der Waals surface area (Å²) in [5.41, 5.74) is -2.24. The first kappa shape index (κ1) is 46.0. The van der Waals surface area contributed by atoms with Gasteiger partial charge in [0.1, 0.15) is 0 Å². The van der Waals surface area contributed by atoms with E-state index in [0.29, 0.717) is 25.7 Å². The molecular weight excluding hydrogens is 604 g/mol. The molecule has 0 aromatic rings. The van der Waals surface area contributed by atoms with E-state index in [1.54, 1.807) is 0 Å². The molecule has 0 saturated heterocycles.